The molecule has 0 aromatic rings. The Bertz CT molecular complexity index is 431. The van der Waals surface area contributed by atoms with Crippen molar-refractivity contribution in [2.24, 2.45) is 47.3 Å². The van der Waals surface area contributed by atoms with E-state index in [1.807, 2.05) is 0 Å². The normalized spacial score (nSPS) is 48.0. The third-order valence-corrected chi connectivity index (χ3v) is 10.2. The number of hydrogen-bond acceptors (Lipinski definition) is 0. The van der Waals surface area contributed by atoms with Crippen molar-refractivity contribution in [2.75, 3.05) is 0 Å². The molecule has 26 heavy (non-hydrogen) atoms. The zero-order valence-corrected chi connectivity index (χ0v) is 17.3. The van der Waals surface area contributed by atoms with Gasteiger partial charge in [-0.3, -0.25) is 0 Å². The molecule has 0 saturated heterocycles. The van der Waals surface area contributed by atoms with Crippen LogP contribution >= 0.6 is 0 Å². The summed E-state index contributed by atoms with van der Waals surface area (Å²) >= 11 is 0. The van der Waals surface area contributed by atoms with Gasteiger partial charge >= 0.3 is 0 Å². The van der Waals surface area contributed by atoms with Gasteiger partial charge in [-0.15, -0.1) is 0 Å². The van der Waals surface area contributed by atoms with E-state index < -0.39 is 0 Å². The lowest BCUT2D eigenvalue weighted by Gasteiger charge is -2.32. The first kappa shape index (κ1) is 18.1. The summed E-state index contributed by atoms with van der Waals surface area (Å²) in [5.74, 6) is 9.23. The molecule has 7 atom stereocenters. The van der Waals surface area contributed by atoms with E-state index in [2.05, 4.69) is 0 Å². The van der Waals surface area contributed by atoms with Crippen LogP contribution in [0.2, 0.25) is 0 Å². The Morgan fingerprint density at radius 3 is 1.65 bits per heavy atom. The monoisotopic (exact) mass is 356 g/mol. The molecule has 5 aliphatic carbocycles. The molecule has 0 N–H and O–H groups in total. The lowest BCUT2D eigenvalue weighted by atomic mass is 9.73. The van der Waals surface area contributed by atoms with Crippen molar-refractivity contribution in [3.63, 3.8) is 0 Å². The van der Waals surface area contributed by atoms with Crippen LogP contribution in [0.25, 0.3) is 0 Å². The van der Waals surface area contributed by atoms with Gasteiger partial charge in [0.1, 0.15) is 0 Å². The maximum atomic E-state index is 1.61. The molecule has 0 spiro atoms. The molecule has 5 saturated carbocycles. The van der Waals surface area contributed by atoms with Crippen molar-refractivity contribution in [2.45, 2.75) is 116 Å². The van der Waals surface area contributed by atoms with Crippen LogP contribution in [0.3, 0.4) is 0 Å². The van der Waals surface area contributed by atoms with Crippen LogP contribution in [0.5, 0.6) is 0 Å². The van der Waals surface area contributed by atoms with E-state index in [1.54, 1.807) is 116 Å². The van der Waals surface area contributed by atoms with E-state index in [-0.39, 0.29) is 0 Å². The van der Waals surface area contributed by atoms with Gasteiger partial charge in [-0.05, 0) is 98.7 Å². The molecule has 0 heteroatoms. The first-order chi connectivity index (χ1) is 12.9. The van der Waals surface area contributed by atoms with Crippen LogP contribution in [0, 0.1) is 47.3 Å². The third kappa shape index (κ3) is 3.41. The second kappa shape index (κ2) is 8.16. The van der Waals surface area contributed by atoms with E-state index in [1.165, 1.54) is 0 Å². The van der Waals surface area contributed by atoms with Gasteiger partial charge < -0.3 is 0 Å². The van der Waals surface area contributed by atoms with Crippen molar-refractivity contribution in [3.05, 3.63) is 0 Å². The number of rotatable bonds is 5. The standard InChI is InChI=1S/C26H44/c1-3-11-21-19(9-1)17-18-20(21)10-2-4-12-22-23-13-5-7-15-25(23)26-16-8-6-14-24(22)26/h19-26H,1-18H2. The summed E-state index contributed by atoms with van der Waals surface area (Å²) < 4.78 is 0. The third-order valence-electron chi connectivity index (χ3n) is 10.2. The fourth-order valence-corrected chi connectivity index (χ4v) is 9.25. The Morgan fingerprint density at radius 2 is 0.962 bits per heavy atom. The molecule has 5 fully saturated rings. The molecule has 0 bridgehead atoms. The van der Waals surface area contributed by atoms with E-state index in [0.717, 1.165) is 47.3 Å². The fraction of sp³-hybridized carbons (Fsp3) is 1.00. The van der Waals surface area contributed by atoms with Crippen LogP contribution in [-0.4, -0.2) is 0 Å². The Morgan fingerprint density at radius 1 is 0.423 bits per heavy atom. The SMILES string of the molecule is C1CCC2C(C1)CCC2CCCCC1C2CCCCC2C2CCCCC12. The lowest BCUT2D eigenvalue weighted by molar-refractivity contribution is 0.184. The van der Waals surface area contributed by atoms with Gasteiger partial charge in [0.25, 0.3) is 0 Å². The van der Waals surface area contributed by atoms with Gasteiger partial charge in [-0.25, -0.2) is 0 Å². The summed E-state index contributed by atoms with van der Waals surface area (Å²) in [6, 6.07) is 0. The highest BCUT2D eigenvalue weighted by molar-refractivity contribution is 4.99. The largest absolute Gasteiger partial charge is 0.0530 e. The Kier molecular flexibility index (Phi) is 5.67. The molecule has 0 amide bonds. The molecule has 5 aliphatic rings. The Balaban J connectivity index is 1.12. The molecular weight excluding hydrogens is 312 g/mol. The molecule has 5 rings (SSSR count). The summed E-state index contributed by atoms with van der Waals surface area (Å²) in [6.45, 7) is 0. The Hall–Kier alpha value is 0. The number of fused-ring (bicyclic) bond motifs is 4. The van der Waals surface area contributed by atoms with Gasteiger partial charge in [-0.2, -0.15) is 0 Å². The predicted molar refractivity (Wildman–Crippen MR) is 111 cm³/mol. The topological polar surface area (TPSA) is 0 Å². The van der Waals surface area contributed by atoms with Crippen molar-refractivity contribution in [3.8, 4) is 0 Å². The second-order valence-electron chi connectivity index (χ2n) is 11.2. The maximum Gasteiger partial charge on any atom is -0.0352 e. The highest BCUT2D eigenvalue weighted by Gasteiger charge is 2.50. The molecule has 0 aromatic heterocycles. The van der Waals surface area contributed by atoms with Crippen molar-refractivity contribution >= 4 is 0 Å². The first-order valence-corrected chi connectivity index (χ1v) is 12.9. The minimum absolute atomic E-state index is 1.13. The van der Waals surface area contributed by atoms with Gasteiger partial charge in [0.2, 0.25) is 0 Å². The Labute approximate surface area is 163 Å². The minimum Gasteiger partial charge on any atom is -0.0530 e. The molecule has 0 nitrogen and oxygen atoms in total. The lowest BCUT2D eigenvalue weighted by Crippen LogP contribution is -2.22. The fourth-order valence-electron chi connectivity index (χ4n) is 9.25. The van der Waals surface area contributed by atoms with E-state index in [0.29, 0.717) is 0 Å². The van der Waals surface area contributed by atoms with Crippen molar-refractivity contribution in [1.29, 1.82) is 0 Å². The molecule has 0 heterocycles. The molecule has 0 aliphatic heterocycles. The summed E-state index contributed by atoms with van der Waals surface area (Å²) in [5, 5.41) is 0. The molecular formula is C26H44. The van der Waals surface area contributed by atoms with Crippen LogP contribution in [-0.2, 0) is 0 Å². The van der Waals surface area contributed by atoms with Crippen molar-refractivity contribution < 1.29 is 0 Å². The van der Waals surface area contributed by atoms with Crippen LogP contribution in [0.4, 0.5) is 0 Å². The van der Waals surface area contributed by atoms with E-state index in [9.17, 15) is 0 Å². The van der Waals surface area contributed by atoms with Gasteiger partial charge in [0.15, 0.2) is 0 Å². The molecule has 148 valence electrons. The highest BCUT2D eigenvalue weighted by Crippen LogP contribution is 2.58. The quantitative estimate of drug-likeness (QED) is 0.438. The summed E-state index contributed by atoms with van der Waals surface area (Å²) in [5.41, 5.74) is 0. The summed E-state index contributed by atoms with van der Waals surface area (Å²) in [7, 11) is 0. The van der Waals surface area contributed by atoms with Gasteiger partial charge in [0.05, 0.1) is 0 Å². The predicted octanol–water partition coefficient (Wildman–Crippen LogP) is 8.01. The van der Waals surface area contributed by atoms with Gasteiger partial charge in [-0.1, -0.05) is 64.2 Å². The average Bonchev–Trinajstić information content (AvgIpc) is 3.25. The van der Waals surface area contributed by atoms with Gasteiger partial charge in [0, 0.05) is 0 Å². The van der Waals surface area contributed by atoms with Crippen LogP contribution in [0.1, 0.15) is 116 Å². The van der Waals surface area contributed by atoms with Crippen LogP contribution in [0.15, 0.2) is 0 Å². The summed E-state index contributed by atoms with van der Waals surface area (Å²) in [6.07, 6.45) is 28.4. The van der Waals surface area contributed by atoms with E-state index >= 15 is 0 Å². The first-order valence-electron chi connectivity index (χ1n) is 12.9. The van der Waals surface area contributed by atoms with E-state index in [4.69, 9.17) is 0 Å². The molecule has 0 radical (unpaired) electrons. The highest BCUT2D eigenvalue weighted by atomic mass is 14.5. The smallest absolute Gasteiger partial charge is 0.0352 e. The maximum absolute atomic E-state index is 1.61. The van der Waals surface area contributed by atoms with Crippen LogP contribution < -0.4 is 0 Å². The molecule has 7 unspecified atom stereocenters. The zero-order valence-electron chi connectivity index (χ0n) is 17.3. The molecule has 0 aromatic carbocycles. The second-order valence-corrected chi connectivity index (χ2v) is 11.2. The number of unbranched alkanes of at least 4 members (excludes halogenated alkanes) is 1. The average molecular weight is 357 g/mol. The summed E-state index contributed by atoms with van der Waals surface area (Å²) in [4.78, 5) is 0. The van der Waals surface area contributed by atoms with Crippen molar-refractivity contribution in [1.82, 2.24) is 0 Å². The minimum atomic E-state index is 1.13. The number of hydrogen-bond donors (Lipinski definition) is 0. The zero-order chi connectivity index (χ0) is 17.3.